The zero-order valence-electron chi connectivity index (χ0n) is 15.5. The van der Waals surface area contributed by atoms with Crippen molar-refractivity contribution >= 4 is 22.8 Å². The molecule has 0 unspecified atom stereocenters. The predicted octanol–water partition coefficient (Wildman–Crippen LogP) is 2.09. The van der Waals surface area contributed by atoms with E-state index in [1.54, 1.807) is 6.33 Å². The van der Waals surface area contributed by atoms with E-state index in [0.29, 0.717) is 5.92 Å². The molecule has 3 aromatic rings. The Kier molecular flexibility index (Phi) is 4.40. The molecule has 0 saturated carbocycles. The van der Waals surface area contributed by atoms with E-state index in [-0.39, 0.29) is 0 Å². The molecule has 0 aromatic carbocycles. The van der Waals surface area contributed by atoms with Gasteiger partial charge >= 0.3 is 0 Å². The fourth-order valence-electron chi connectivity index (χ4n) is 3.30. The Morgan fingerprint density at radius 1 is 1.00 bits per heavy atom. The quantitative estimate of drug-likeness (QED) is 0.711. The van der Waals surface area contributed by atoms with Gasteiger partial charge in [0.05, 0.1) is 6.33 Å². The van der Waals surface area contributed by atoms with E-state index in [4.69, 9.17) is 4.98 Å². The fourth-order valence-corrected chi connectivity index (χ4v) is 3.30. The first-order valence-corrected chi connectivity index (χ1v) is 9.16. The number of nitrogens with zero attached hydrogens (tertiary/aromatic N) is 8. The molecule has 1 aliphatic rings. The van der Waals surface area contributed by atoms with Crippen LogP contribution in [0, 0.1) is 0 Å². The van der Waals surface area contributed by atoms with Crippen molar-refractivity contribution in [1.29, 1.82) is 0 Å². The molecule has 136 valence electrons. The van der Waals surface area contributed by atoms with Gasteiger partial charge in [-0.1, -0.05) is 13.8 Å². The molecule has 4 heterocycles. The van der Waals surface area contributed by atoms with Crippen LogP contribution in [0.25, 0.3) is 11.2 Å². The van der Waals surface area contributed by atoms with Crippen LogP contribution in [0.2, 0.25) is 0 Å². The number of rotatable bonds is 4. The molecule has 0 aliphatic carbocycles. The zero-order chi connectivity index (χ0) is 18.1. The lowest BCUT2D eigenvalue weighted by atomic mass is 10.2. The smallest absolute Gasteiger partial charge is 0.165 e. The molecule has 0 spiro atoms. The van der Waals surface area contributed by atoms with Gasteiger partial charge in [0.2, 0.25) is 0 Å². The SMILES string of the molecule is CCn1cnc2c(N3CCN(c4ccnc(C(C)C)n4)CC3)ncnc21. The highest BCUT2D eigenvalue weighted by atomic mass is 15.3. The van der Waals surface area contributed by atoms with Gasteiger partial charge < -0.3 is 14.4 Å². The maximum Gasteiger partial charge on any atom is 0.165 e. The minimum Gasteiger partial charge on any atom is -0.353 e. The number of hydrogen-bond acceptors (Lipinski definition) is 7. The second-order valence-electron chi connectivity index (χ2n) is 6.80. The third kappa shape index (κ3) is 2.95. The highest BCUT2D eigenvalue weighted by Gasteiger charge is 2.22. The van der Waals surface area contributed by atoms with Crippen molar-refractivity contribution in [3.63, 3.8) is 0 Å². The van der Waals surface area contributed by atoms with E-state index in [2.05, 4.69) is 50.5 Å². The van der Waals surface area contributed by atoms with Gasteiger partial charge in [-0.05, 0) is 13.0 Å². The first-order valence-electron chi connectivity index (χ1n) is 9.16. The second-order valence-corrected chi connectivity index (χ2v) is 6.80. The first-order chi connectivity index (χ1) is 12.7. The molecule has 0 radical (unpaired) electrons. The Labute approximate surface area is 152 Å². The van der Waals surface area contributed by atoms with E-state index in [1.807, 2.05) is 23.2 Å². The van der Waals surface area contributed by atoms with Crippen molar-refractivity contribution in [2.45, 2.75) is 33.2 Å². The molecule has 26 heavy (non-hydrogen) atoms. The van der Waals surface area contributed by atoms with Crippen LogP contribution in [0.5, 0.6) is 0 Å². The molecule has 1 saturated heterocycles. The van der Waals surface area contributed by atoms with Crippen LogP contribution in [0.3, 0.4) is 0 Å². The van der Waals surface area contributed by atoms with Crippen LogP contribution in [0.4, 0.5) is 11.6 Å². The number of aryl methyl sites for hydroxylation is 1. The lowest BCUT2D eigenvalue weighted by Crippen LogP contribution is -2.47. The molecular formula is C18H24N8. The van der Waals surface area contributed by atoms with E-state index in [0.717, 1.165) is 61.3 Å². The summed E-state index contributed by atoms with van der Waals surface area (Å²) in [6.07, 6.45) is 5.33. The molecule has 3 aromatic heterocycles. The molecule has 1 aliphatic heterocycles. The van der Waals surface area contributed by atoms with Crippen LogP contribution in [0.15, 0.2) is 24.9 Å². The van der Waals surface area contributed by atoms with Crippen LogP contribution < -0.4 is 9.80 Å². The molecule has 0 N–H and O–H groups in total. The van der Waals surface area contributed by atoms with E-state index in [1.165, 1.54) is 0 Å². The molecule has 4 rings (SSSR count). The lowest BCUT2D eigenvalue weighted by molar-refractivity contribution is 0.637. The van der Waals surface area contributed by atoms with Crippen molar-refractivity contribution in [2.75, 3.05) is 36.0 Å². The van der Waals surface area contributed by atoms with Gasteiger partial charge in [0.1, 0.15) is 18.0 Å². The third-order valence-corrected chi connectivity index (χ3v) is 4.80. The Morgan fingerprint density at radius 3 is 2.50 bits per heavy atom. The average Bonchev–Trinajstić information content (AvgIpc) is 3.11. The molecule has 0 bridgehead atoms. The minimum atomic E-state index is 0.333. The van der Waals surface area contributed by atoms with Crippen molar-refractivity contribution in [3.8, 4) is 0 Å². The summed E-state index contributed by atoms with van der Waals surface area (Å²) in [4.78, 5) is 27.1. The Hall–Kier alpha value is -2.77. The number of fused-ring (bicyclic) bond motifs is 1. The fraction of sp³-hybridized carbons (Fsp3) is 0.500. The van der Waals surface area contributed by atoms with Gasteiger partial charge in [-0.25, -0.2) is 24.9 Å². The summed E-state index contributed by atoms with van der Waals surface area (Å²) in [6.45, 7) is 10.7. The summed E-state index contributed by atoms with van der Waals surface area (Å²) >= 11 is 0. The maximum absolute atomic E-state index is 4.71. The van der Waals surface area contributed by atoms with Crippen LogP contribution in [0.1, 0.15) is 32.5 Å². The van der Waals surface area contributed by atoms with Crippen LogP contribution in [-0.4, -0.2) is 55.7 Å². The summed E-state index contributed by atoms with van der Waals surface area (Å²) in [6, 6.07) is 1.99. The molecule has 8 heteroatoms. The first kappa shape index (κ1) is 16.7. The largest absolute Gasteiger partial charge is 0.353 e. The lowest BCUT2D eigenvalue weighted by Gasteiger charge is -2.36. The summed E-state index contributed by atoms with van der Waals surface area (Å²) in [5, 5.41) is 0. The average molecular weight is 352 g/mol. The predicted molar refractivity (Wildman–Crippen MR) is 102 cm³/mol. The summed E-state index contributed by atoms with van der Waals surface area (Å²) < 4.78 is 2.05. The monoisotopic (exact) mass is 352 g/mol. The van der Waals surface area contributed by atoms with E-state index < -0.39 is 0 Å². The van der Waals surface area contributed by atoms with Gasteiger partial charge in [-0.3, -0.25) is 0 Å². The van der Waals surface area contributed by atoms with E-state index >= 15 is 0 Å². The summed E-state index contributed by atoms with van der Waals surface area (Å²) in [5.74, 6) is 3.16. The zero-order valence-corrected chi connectivity index (χ0v) is 15.5. The molecule has 0 atom stereocenters. The summed E-state index contributed by atoms with van der Waals surface area (Å²) in [7, 11) is 0. The van der Waals surface area contributed by atoms with Crippen molar-refractivity contribution in [3.05, 3.63) is 30.7 Å². The van der Waals surface area contributed by atoms with Gasteiger partial charge in [-0.2, -0.15) is 0 Å². The van der Waals surface area contributed by atoms with Gasteiger partial charge in [-0.15, -0.1) is 0 Å². The minimum absolute atomic E-state index is 0.333. The maximum atomic E-state index is 4.71. The van der Waals surface area contributed by atoms with Gasteiger partial charge in [0, 0.05) is 44.8 Å². The summed E-state index contributed by atoms with van der Waals surface area (Å²) in [5.41, 5.74) is 1.78. The van der Waals surface area contributed by atoms with Crippen LogP contribution in [-0.2, 0) is 6.54 Å². The topological polar surface area (TPSA) is 75.9 Å². The number of hydrogen-bond donors (Lipinski definition) is 0. The highest BCUT2D eigenvalue weighted by Crippen LogP contribution is 2.24. The van der Waals surface area contributed by atoms with Crippen molar-refractivity contribution in [2.24, 2.45) is 0 Å². The Balaban J connectivity index is 1.52. The van der Waals surface area contributed by atoms with Gasteiger partial charge in [0.15, 0.2) is 17.0 Å². The number of aromatic nitrogens is 6. The number of imidazole rings is 1. The second kappa shape index (κ2) is 6.86. The Morgan fingerprint density at radius 2 is 1.77 bits per heavy atom. The molecular weight excluding hydrogens is 328 g/mol. The number of piperazine rings is 1. The van der Waals surface area contributed by atoms with Crippen molar-refractivity contribution in [1.82, 2.24) is 29.5 Å². The number of anilines is 2. The Bertz CT molecular complexity index is 895. The van der Waals surface area contributed by atoms with E-state index in [9.17, 15) is 0 Å². The molecule has 1 fully saturated rings. The highest BCUT2D eigenvalue weighted by molar-refractivity contribution is 5.83. The van der Waals surface area contributed by atoms with Crippen LogP contribution >= 0.6 is 0 Å². The third-order valence-electron chi connectivity index (χ3n) is 4.80. The standard InChI is InChI=1S/C18H24N8/c1-4-24-12-22-15-17(24)20-11-21-18(15)26-9-7-25(8-10-26)14-5-6-19-16(23-14)13(2)3/h5-6,11-13H,4,7-10H2,1-3H3. The normalized spacial score (nSPS) is 15.2. The van der Waals surface area contributed by atoms with Crippen molar-refractivity contribution < 1.29 is 0 Å². The molecule has 0 amide bonds. The van der Waals surface area contributed by atoms with Gasteiger partial charge in [0.25, 0.3) is 0 Å². The molecule has 8 nitrogen and oxygen atoms in total.